The molecule has 1 aromatic heterocycles. The lowest BCUT2D eigenvalue weighted by molar-refractivity contribution is 0.0576. The molecule has 1 atom stereocenters. The van der Waals surface area contributed by atoms with E-state index in [1.165, 1.54) is 0 Å². The Labute approximate surface area is 126 Å². The molecule has 1 aromatic rings. The first-order valence-corrected chi connectivity index (χ1v) is 7.52. The van der Waals surface area contributed by atoms with Gasteiger partial charge in [0.25, 0.3) is 0 Å². The van der Waals surface area contributed by atoms with Crippen molar-refractivity contribution < 1.29 is 9.53 Å². The molecule has 0 aliphatic carbocycles. The normalized spacial score (nSPS) is 16.3. The number of rotatable bonds is 2. The van der Waals surface area contributed by atoms with Crippen molar-refractivity contribution in [2.24, 2.45) is 5.73 Å². The van der Waals surface area contributed by atoms with E-state index in [2.05, 4.69) is 11.1 Å². The number of nitrogens with zero attached hydrogens (tertiary/aromatic N) is 2. The third-order valence-electron chi connectivity index (χ3n) is 3.53. The highest BCUT2D eigenvalue weighted by molar-refractivity contribution is 5.88. The molecule has 0 bridgehead atoms. The maximum absolute atomic E-state index is 12.4. The summed E-state index contributed by atoms with van der Waals surface area (Å²) in [6, 6.07) is 4.06. The number of carbonyl (C=O) groups excluding carboxylic acids is 1. The van der Waals surface area contributed by atoms with E-state index in [9.17, 15) is 4.79 Å². The van der Waals surface area contributed by atoms with Crippen LogP contribution in [0.3, 0.4) is 0 Å². The number of aromatic nitrogens is 1. The van der Waals surface area contributed by atoms with Crippen LogP contribution < -0.4 is 10.6 Å². The van der Waals surface area contributed by atoms with Gasteiger partial charge in [-0.25, -0.2) is 9.78 Å². The number of amides is 1. The molecule has 2 N–H and O–H groups in total. The van der Waals surface area contributed by atoms with E-state index in [1.807, 2.05) is 33.8 Å². The Morgan fingerprint density at radius 1 is 1.48 bits per heavy atom. The zero-order chi connectivity index (χ0) is 15.6. The lowest BCUT2D eigenvalue weighted by Gasteiger charge is -2.31. The highest BCUT2D eigenvalue weighted by atomic mass is 16.6. The molecular formula is C16H25N3O2. The van der Waals surface area contributed by atoms with E-state index in [0.29, 0.717) is 13.1 Å². The maximum Gasteiger partial charge on any atom is 0.416 e. The van der Waals surface area contributed by atoms with E-state index < -0.39 is 5.60 Å². The Morgan fingerprint density at radius 2 is 2.19 bits per heavy atom. The molecule has 0 spiro atoms. The summed E-state index contributed by atoms with van der Waals surface area (Å²) in [6.45, 7) is 8.84. The third kappa shape index (κ3) is 3.73. The molecule has 1 aliphatic heterocycles. The molecule has 2 rings (SSSR count). The molecule has 21 heavy (non-hydrogen) atoms. The van der Waals surface area contributed by atoms with Crippen LogP contribution >= 0.6 is 0 Å². The van der Waals surface area contributed by atoms with Crippen molar-refractivity contribution in [2.75, 3.05) is 18.0 Å². The van der Waals surface area contributed by atoms with Crippen LogP contribution in [0.4, 0.5) is 10.6 Å². The largest absolute Gasteiger partial charge is 0.443 e. The van der Waals surface area contributed by atoms with Crippen LogP contribution in [-0.4, -0.2) is 29.8 Å². The molecule has 0 aromatic carbocycles. The molecule has 116 valence electrons. The molecule has 5 heteroatoms. The van der Waals surface area contributed by atoms with Crippen molar-refractivity contribution in [3.05, 3.63) is 23.4 Å². The number of anilines is 1. The van der Waals surface area contributed by atoms with Crippen molar-refractivity contribution in [2.45, 2.75) is 52.1 Å². The van der Waals surface area contributed by atoms with E-state index in [-0.39, 0.29) is 12.0 Å². The highest BCUT2D eigenvalue weighted by Gasteiger charge is 2.28. The van der Waals surface area contributed by atoms with Crippen LogP contribution in [0.1, 0.15) is 51.3 Å². The number of carbonyl (C=O) groups is 1. The number of pyridine rings is 1. The molecule has 0 saturated heterocycles. The minimum atomic E-state index is -0.503. The number of nitrogens with two attached hydrogens (primary N) is 1. The van der Waals surface area contributed by atoms with Crippen molar-refractivity contribution in [3.8, 4) is 0 Å². The minimum absolute atomic E-state index is 0.178. The highest BCUT2D eigenvalue weighted by Crippen LogP contribution is 2.28. The zero-order valence-electron chi connectivity index (χ0n) is 13.3. The van der Waals surface area contributed by atoms with E-state index >= 15 is 0 Å². The van der Waals surface area contributed by atoms with Gasteiger partial charge in [0.1, 0.15) is 11.4 Å². The fraction of sp³-hybridized carbons (Fsp3) is 0.625. The van der Waals surface area contributed by atoms with Gasteiger partial charge in [-0.1, -0.05) is 13.0 Å². The van der Waals surface area contributed by atoms with Crippen LogP contribution in [0, 0.1) is 0 Å². The number of hydrogen-bond acceptors (Lipinski definition) is 4. The van der Waals surface area contributed by atoms with Crippen molar-refractivity contribution in [1.29, 1.82) is 0 Å². The summed E-state index contributed by atoms with van der Waals surface area (Å²) in [5.41, 5.74) is 7.23. The lowest BCUT2D eigenvalue weighted by atomic mass is 10.0. The van der Waals surface area contributed by atoms with Gasteiger partial charge in [-0.15, -0.1) is 0 Å². The second kappa shape index (κ2) is 6.02. The maximum atomic E-state index is 12.4. The van der Waals surface area contributed by atoms with Gasteiger partial charge in [0.2, 0.25) is 0 Å². The topological polar surface area (TPSA) is 68.5 Å². The molecule has 1 aliphatic rings. The second-order valence-corrected chi connectivity index (χ2v) is 6.59. The van der Waals surface area contributed by atoms with Crippen LogP contribution in [0.2, 0.25) is 0 Å². The Morgan fingerprint density at radius 3 is 2.81 bits per heavy atom. The van der Waals surface area contributed by atoms with E-state index in [1.54, 1.807) is 4.90 Å². The fourth-order valence-electron chi connectivity index (χ4n) is 2.34. The number of fused-ring (bicyclic) bond motifs is 1. The number of aryl methyl sites for hydroxylation is 1. The number of ether oxygens (including phenoxy) is 1. The summed E-state index contributed by atoms with van der Waals surface area (Å²) in [7, 11) is 0. The van der Waals surface area contributed by atoms with Gasteiger partial charge >= 0.3 is 6.09 Å². The van der Waals surface area contributed by atoms with Crippen molar-refractivity contribution in [3.63, 3.8) is 0 Å². The lowest BCUT2D eigenvalue weighted by Crippen LogP contribution is -2.40. The molecule has 0 fully saturated rings. The Hall–Kier alpha value is -1.62. The monoisotopic (exact) mass is 291 g/mol. The molecule has 0 radical (unpaired) electrons. The Kier molecular flexibility index (Phi) is 4.52. The quantitative estimate of drug-likeness (QED) is 0.909. The average Bonchev–Trinajstić information content (AvgIpc) is 2.43. The van der Waals surface area contributed by atoms with Gasteiger partial charge in [0.05, 0.1) is 0 Å². The smallest absolute Gasteiger partial charge is 0.416 e. The second-order valence-electron chi connectivity index (χ2n) is 6.59. The van der Waals surface area contributed by atoms with Gasteiger partial charge in [-0.2, -0.15) is 0 Å². The molecule has 2 heterocycles. The minimum Gasteiger partial charge on any atom is -0.443 e. The summed E-state index contributed by atoms with van der Waals surface area (Å²) in [4.78, 5) is 18.7. The first-order valence-electron chi connectivity index (χ1n) is 7.52. The Balaban J connectivity index is 2.30. The SMILES string of the molecule is C[C@@H](CN)c1ccc2c(n1)N(C(=O)OC(C)(C)C)CCC2. The predicted octanol–water partition coefficient (Wildman–Crippen LogP) is 2.83. The average molecular weight is 291 g/mol. The van der Waals surface area contributed by atoms with Gasteiger partial charge in [-0.05, 0) is 45.2 Å². The molecule has 5 nitrogen and oxygen atoms in total. The van der Waals surface area contributed by atoms with Gasteiger partial charge in [0.15, 0.2) is 0 Å². The van der Waals surface area contributed by atoms with E-state index in [0.717, 1.165) is 29.9 Å². The van der Waals surface area contributed by atoms with Crippen LogP contribution in [0.15, 0.2) is 12.1 Å². The first-order chi connectivity index (χ1) is 9.81. The number of hydrogen-bond donors (Lipinski definition) is 1. The molecule has 0 unspecified atom stereocenters. The predicted molar refractivity (Wildman–Crippen MR) is 83.6 cm³/mol. The van der Waals surface area contributed by atoms with Crippen molar-refractivity contribution in [1.82, 2.24) is 4.98 Å². The standard InChI is InChI=1S/C16H25N3O2/c1-11(10-17)13-8-7-12-6-5-9-19(14(12)18-13)15(20)21-16(2,3)4/h7-8,11H,5-6,9-10,17H2,1-4H3/t11-/m0/s1. The summed E-state index contributed by atoms with van der Waals surface area (Å²) >= 11 is 0. The summed E-state index contributed by atoms with van der Waals surface area (Å²) < 4.78 is 5.48. The van der Waals surface area contributed by atoms with Gasteiger partial charge < -0.3 is 10.5 Å². The summed E-state index contributed by atoms with van der Waals surface area (Å²) in [5, 5.41) is 0. The van der Waals surface area contributed by atoms with Gasteiger partial charge in [0, 0.05) is 24.7 Å². The van der Waals surface area contributed by atoms with Gasteiger partial charge in [-0.3, -0.25) is 4.90 Å². The third-order valence-corrected chi connectivity index (χ3v) is 3.53. The fourth-order valence-corrected chi connectivity index (χ4v) is 2.34. The molecule has 0 saturated carbocycles. The van der Waals surface area contributed by atoms with Crippen LogP contribution in [0.5, 0.6) is 0 Å². The van der Waals surface area contributed by atoms with Crippen LogP contribution in [0.25, 0.3) is 0 Å². The van der Waals surface area contributed by atoms with E-state index in [4.69, 9.17) is 10.5 Å². The summed E-state index contributed by atoms with van der Waals surface area (Å²) in [6.07, 6.45) is 1.55. The molecular weight excluding hydrogens is 266 g/mol. The summed E-state index contributed by atoms with van der Waals surface area (Å²) in [5.74, 6) is 0.908. The molecule has 1 amide bonds. The Bertz CT molecular complexity index is 523. The van der Waals surface area contributed by atoms with Crippen molar-refractivity contribution >= 4 is 11.9 Å². The van der Waals surface area contributed by atoms with Crippen LogP contribution in [-0.2, 0) is 11.2 Å². The first kappa shape index (κ1) is 15.8. The zero-order valence-corrected chi connectivity index (χ0v) is 13.3.